The Kier molecular flexibility index (Phi) is 6.04. The minimum Gasteiger partial charge on any atom is -0.251 e. The standard InChI is InChI=1S/C23H23N3O2S2/c1-3-26(4-2)30(27,28)17-13-14-23(24-15-17)29-16-22-20-11-6-5-9-18(20)19-10-7-8-12-21(19)25-22/h5-15H,3-4,16H2,1-2H3. The molecule has 2 aromatic heterocycles. The summed E-state index contributed by atoms with van der Waals surface area (Å²) in [6.07, 6.45) is 1.45. The van der Waals surface area contributed by atoms with Crippen LogP contribution in [-0.4, -0.2) is 35.8 Å². The summed E-state index contributed by atoms with van der Waals surface area (Å²) < 4.78 is 26.7. The summed E-state index contributed by atoms with van der Waals surface area (Å²) in [4.78, 5) is 9.48. The molecule has 2 heterocycles. The SMILES string of the molecule is CCN(CC)S(=O)(=O)c1ccc(SCc2nc3ccccc3c3ccccc23)nc1. The molecule has 0 aliphatic heterocycles. The molecule has 4 rings (SSSR count). The van der Waals surface area contributed by atoms with Crippen LogP contribution in [0, 0.1) is 0 Å². The van der Waals surface area contributed by atoms with Gasteiger partial charge in [0.25, 0.3) is 0 Å². The molecule has 0 saturated carbocycles. The number of sulfonamides is 1. The van der Waals surface area contributed by atoms with Crippen molar-refractivity contribution in [1.29, 1.82) is 0 Å². The molecule has 0 aliphatic carbocycles. The van der Waals surface area contributed by atoms with Crippen LogP contribution in [0.5, 0.6) is 0 Å². The first kappa shape index (κ1) is 20.8. The summed E-state index contributed by atoms with van der Waals surface area (Å²) >= 11 is 1.55. The second kappa shape index (κ2) is 8.71. The monoisotopic (exact) mass is 437 g/mol. The molecule has 30 heavy (non-hydrogen) atoms. The van der Waals surface area contributed by atoms with Gasteiger partial charge in [-0.25, -0.2) is 13.4 Å². The summed E-state index contributed by atoms with van der Waals surface area (Å²) in [5.41, 5.74) is 1.97. The first-order valence-corrected chi connectivity index (χ1v) is 12.3. The molecule has 0 fully saturated rings. The molecule has 0 aliphatic rings. The molecule has 0 spiro atoms. The van der Waals surface area contributed by atoms with Crippen LogP contribution in [0.4, 0.5) is 0 Å². The Morgan fingerprint density at radius 3 is 2.20 bits per heavy atom. The second-order valence-corrected chi connectivity index (χ2v) is 9.76. The van der Waals surface area contributed by atoms with Crippen LogP contribution in [0.3, 0.4) is 0 Å². The molecule has 0 bridgehead atoms. The zero-order valence-electron chi connectivity index (χ0n) is 16.9. The Balaban J connectivity index is 1.60. The summed E-state index contributed by atoms with van der Waals surface area (Å²) in [5.74, 6) is 0.653. The predicted molar refractivity (Wildman–Crippen MR) is 123 cm³/mol. The van der Waals surface area contributed by atoms with E-state index in [1.165, 1.54) is 15.9 Å². The van der Waals surface area contributed by atoms with Crippen molar-refractivity contribution in [3.63, 3.8) is 0 Å². The number of pyridine rings is 2. The number of para-hydroxylation sites is 1. The number of fused-ring (bicyclic) bond motifs is 3. The largest absolute Gasteiger partial charge is 0.251 e. The smallest absolute Gasteiger partial charge is 0.244 e. The van der Waals surface area contributed by atoms with Crippen molar-refractivity contribution in [1.82, 2.24) is 14.3 Å². The number of thioether (sulfide) groups is 1. The highest BCUT2D eigenvalue weighted by molar-refractivity contribution is 7.98. The molecule has 0 unspecified atom stereocenters. The molecule has 7 heteroatoms. The van der Waals surface area contributed by atoms with Crippen LogP contribution in [0.1, 0.15) is 19.5 Å². The maximum atomic E-state index is 12.6. The average Bonchev–Trinajstić information content (AvgIpc) is 2.78. The van der Waals surface area contributed by atoms with Crippen LogP contribution in [0.2, 0.25) is 0 Å². The van der Waals surface area contributed by atoms with Gasteiger partial charge in [0, 0.05) is 35.8 Å². The van der Waals surface area contributed by atoms with Crippen molar-refractivity contribution >= 4 is 43.5 Å². The summed E-state index contributed by atoms with van der Waals surface area (Å²) in [6.45, 7) is 4.55. The third-order valence-electron chi connectivity index (χ3n) is 5.10. The van der Waals surface area contributed by atoms with E-state index in [-0.39, 0.29) is 4.90 Å². The topological polar surface area (TPSA) is 63.2 Å². The van der Waals surface area contributed by atoms with Gasteiger partial charge < -0.3 is 0 Å². The molecule has 0 amide bonds. The van der Waals surface area contributed by atoms with Gasteiger partial charge in [-0.1, -0.05) is 56.3 Å². The quantitative estimate of drug-likeness (QED) is 0.297. The number of hydrogen-bond donors (Lipinski definition) is 0. The van der Waals surface area contributed by atoms with E-state index in [0.29, 0.717) is 18.8 Å². The molecule has 154 valence electrons. The average molecular weight is 438 g/mol. The minimum absolute atomic E-state index is 0.227. The van der Waals surface area contributed by atoms with Gasteiger partial charge in [0.1, 0.15) is 4.90 Å². The summed E-state index contributed by atoms with van der Waals surface area (Å²) in [6, 6.07) is 19.8. The van der Waals surface area contributed by atoms with Gasteiger partial charge in [-0.15, -0.1) is 11.8 Å². The minimum atomic E-state index is -3.49. The number of rotatable bonds is 7. The van der Waals surface area contributed by atoms with Gasteiger partial charge in [0.15, 0.2) is 0 Å². The third kappa shape index (κ3) is 3.93. The van der Waals surface area contributed by atoms with Crippen molar-refractivity contribution in [2.45, 2.75) is 29.5 Å². The summed E-state index contributed by atoms with van der Waals surface area (Å²) in [5, 5.41) is 4.23. The van der Waals surface area contributed by atoms with Crippen molar-refractivity contribution in [3.8, 4) is 0 Å². The van der Waals surface area contributed by atoms with E-state index in [1.54, 1.807) is 23.9 Å². The van der Waals surface area contributed by atoms with Crippen LogP contribution >= 0.6 is 11.8 Å². The van der Waals surface area contributed by atoms with Gasteiger partial charge in [0.2, 0.25) is 10.0 Å². The number of hydrogen-bond acceptors (Lipinski definition) is 5. The normalized spacial score (nSPS) is 12.1. The lowest BCUT2D eigenvalue weighted by Crippen LogP contribution is -2.30. The Bertz CT molecular complexity index is 1290. The second-order valence-electron chi connectivity index (χ2n) is 6.83. The lowest BCUT2D eigenvalue weighted by molar-refractivity contribution is 0.445. The Morgan fingerprint density at radius 2 is 1.53 bits per heavy atom. The van der Waals surface area contributed by atoms with E-state index < -0.39 is 10.0 Å². The third-order valence-corrected chi connectivity index (χ3v) is 8.09. The first-order chi connectivity index (χ1) is 14.5. The van der Waals surface area contributed by atoms with E-state index in [0.717, 1.165) is 27.0 Å². The Labute approximate surface area is 181 Å². The van der Waals surface area contributed by atoms with Crippen molar-refractivity contribution in [2.75, 3.05) is 13.1 Å². The number of nitrogens with zero attached hydrogens (tertiary/aromatic N) is 3. The van der Waals surface area contributed by atoms with E-state index in [2.05, 4.69) is 23.2 Å². The molecular weight excluding hydrogens is 414 g/mol. The van der Waals surface area contributed by atoms with Gasteiger partial charge in [-0.05, 0) is 23.6 Å². The van der Waals surface area contributed by atoms with Gasteiger partial charge in [-0.3, -0.25) is 4.98 Å². The van der Waals surface area contributed by atoms with Crippen LogP contribution in [0.25, 0.3) is 21.7 Å². The molecule has 0 saturated heterocycles. The fourth-order valence-corrected chi connectivity index (χ4v) is 5.74. The Morgan fingerprint density at radius 1 is 0.867 bits per heavy atom. The van der Waals surface area contributed by atoms with Gasteiger partial charge in [0.05, 0.1) is 16.2 Å². The maximum Gasteiger partial charge on any atom is 0.244 e. The Hall–Kier alpha value is -2.48. The highest BCUT2D eigenvalue weighted by Crippen LogP contribution is 2.30. The molecule has 0 N–H and O–H groups in total. The van der Waals surface area contributed by atoms with Crippen LogP contribution in [-0.2, 0) is 15.8 Å². The lowest BCUT2D eigenvalue weighted by atomic mass is 10.0. The van der Waals surface area contributed by atoms with Crippen LogP contribution in [0.15, 0.2) is 76.8 Å². The lowest BCUT2D eigenvalue weighted by Gasteiger charge is -2.18. The van der Waals surface area contributed by atoms with Crippen molar-refractivity contribution < 1.29 is 8.42 Å². The first-order valence-electron chi connectivity index (χ1n) is 9.90. The highest BCUT2D eigenvalue weighted by atomic mass is 32.2. The fraction of sp³-hybridized carbons (Fsp3) is 0.217. The molecule has 2 aromatic carbocycles. The molecular formula is C23H23N3O2S2. The van der Waals surface area contributed by atoms with E-state index in [9.17, 15) is 8.42 Å². The zero-order valence-corrected chi connectivity index (χ0v) is 18.6. The van der Waals surface area contributed by atoms with Gasteiger partial charge in [-0.2, -0.15) is 4.31 Å². The van der Waals surface area contributed by atoms with Crippen molar-refractivity contribution in [2.24, 2.45) is 0 Å². The van der Waals surface area contributed by atoms with E-state index in [1.807, 2.05) is 44.2 Å². The zero-order chi connectivity index (χ0) is 21.1. The number of aromatic nitrogens is 2. The van der Waals surface area contributed by atoms with E-state index in [4.69, 9.17) is 4.98 Å². The fourth-order valence-electron chi connectivity index (χ4n) is 3.54. The van der Waals surface area contributed by atoms with Crippen molar-refractivity contribution in [3.05, 3.63) is 72.6 Å². The molecule has 0 atom stereocenters. The summed E-state index contributed by atoms with van der Waals surface area (Å²) in [7, 11) is -3.49. The van der Waals surface area contributed by atoms with Gasteiger partial charge >= 0.3 is 0 Å². The highest BCUT2D eigenvalue weighted by Gasteiger charge is 2.21. The maximum absolute atomic E-state index is 12.6. The predicted octanol–water partition coefficient (Wildman–Crippen LogP) is 5.11. The molecule has 0 radical (unpaired) electrons. The molecule has 4 aromatic rings. The van der Waals surface area contributed by atoms with Crippen LogP contribution < -0.4 is 0 Å². The number of benzene rings is 2. The molecule has 5 nitrogen and oxygen atoms in total. The van der Waals surface area contributed by atoms with E-state index >= 15 is 0 Å².